The smallest absolute Gasteiger partial charge is 0.348 e. The molecule has 0 unspecified atom stereocenters. The SMILES string of the molecule is COC(=O)C(C#N)=Cc1ccc(OC(=O)c2ccc(C(C)(C)C)cc2)c(OC)c1. The maximum Gasteiger partial charge on any atom is 0.348 e. The van der Waals surface area contributed by atoms with Gasteiger partial charge in [0.1, 0.15) is 11.6 Å². The Bertz CT molecular complexity index is 976. The number of carbonyl (C=O) groups excluding carboxylic acids is 2. The lowest BCUT2D eigenvalue weighted by Gasteiger charge is -2.19. The lowest BCUT2D eigenvalue weighted by Crippen LogP contribution is -2.13. The van der Waals surface area contributed by atoms with Crippen LogP contribution >= 0.6 is 0 Å². The number of nitriles is 1. The van der Waals surface area contributed by atoms with Gasteiger partial charge in [0, 0.05) is 0 Å². The van der Waals surface area contributed by atoms with E-state index in [0.29, 0.717) is 16.9 Å². The molecule has 6 nitrogen and oxygen atoms in total. The fourth-order valence-electron chi connectivity index (χ4n) is 2.54. The molecule has 0 radical (unpaired) electrons. The van der Waals surface area contributed by atoms with Crippen LogP contribution in [0.3, 0.4) is 0 Å². The van der Waals surface area contributed by atoms with Crippen LogP contribution in [0.4, 0.5) is 0 Å². The van der Waals surface area contributed by atoms with Crippen LogP contribution in [0.5, 0.6) is 11.5 Å². The van der Waals surface area contributed by atoms with Gasteiger partial charge in [-0.2, -0.15) is 5.26 Å². The molecule has 6 heteroatoms. The average molecular weight is 393 g/mol. The number of benzene rings is 2. The topological polar surface area (TPSA) is 85.6 Å². The highest BCUT2D eigenvalue weighted by molar-refractivity contribution is 5.98. The number of methoxy groups -OCH3 is 2. The first-order valence-corrected chi connectivity index (χ1v) is 8.90. The number of hydrogen-bond donors (Lipinski definition) is 0. The molecule has 0 saturated heterocycles. The van der Waals surface area contributed by atoms with E-state index in [1.54, 1.807) is 36.4 Å². The van der Waals surface area contributed by atoms with Gasteiger partial charge in [0.15, 0.2) is 11.5 Å². The molecule has 0 aliphatic carbocycles. The maximum absolute atomic E-state index is 12.5. The molecule has 0 spiro atoms. The third-order valence-corrected chi connectivity index (χ3v) is 4.21. The average Bonchev–Trinajstić information content (AvgIpc) is 2.71. The van der Waals surface area contributed by atoms with E-state index >= 15 is 0 Å². The molecule has 0 atom stereocenters. The van der Waals surface area contributed by atoms with E-state index in [4.69, 9.17) is 14.7 Å². The Kier molecular flexibility index (Phi) is 6.79. The van der Waals surface area contributed by atoms with Crippen molar-refractivity contribution in [1.29, 1.82) is 5.26 Å². The minimum atomic E-state index is -0.735. The highest BCUT2D eigenvalue weighted by Crippen LogP contribution is 2.30. The second kappa shape index (κ2) is 9.07. The van der Waals surface area contributed by atoms with Crippen molar-refractivity contribution in [1.82, 2.24) is 0 Å². The summed E-state index contributed by atoms with van der Waals surface area (Å²) in [4.78, 5) is 24.0. The molecule has 0 fully saturated rings. The van der Waals surface area contributed by atoms with Crippen LogP contribution in [0.2, 0.25) is 0 Å². The molecule has 0 heterocycles. The summed E-state index contributed by atoms with van der Waals surface area (Å²) < 4.78 is 15.3. The predicted octanol–water partition coefficient (Wildman–Crippen LogP) is 4.29. The Morgan fingerprint density at radius 3 is 2.17 bits per heavy atom. The first-order valence-electron chi connectivity index (χ1n) is 8.90. The van der Waals surface area contributed by atoms with Crippen LogP contribution in [0.15, 0.2) is 48.0 Å². The Hall–Kier alpha value is -3.59. The number of hydrogen-bond acceptors (Lipinski definition) is 6. The van der Waals surface area contributed by atoms with Gasteiger partial charge in [-0.05, 0) is 46.9 Å². The summed E-state index contributed by atoms with van der Waals surface area (Å²) in [6, 6.07) is 13.7. The third kappa shape index (κ3) is 5.45. The highest BCUT2D eigenvalue weighted by Gasteiger charge is 2.17. The largest absolute Gasteiger partial charge is 0.493 e. The standard InChI is InChI=1S/C23H23NO5/c1-23(2,3)18-9-7-16(8-10-18)22(26)29-19-11-6-15(13-20(19)27-4)12-17(14-24)21(25)28-5/h6-13H,1-5H3. The minimum absolute atomic E-state index is 0.0124. The fourth-order valence-corrected chi connectivity index (χ4v) is 2.54. The number of esters is 2. The van der Waals surface area contributed by atoms with Crippen molar-refractivity contribution >= 4 is 18.0 Å². The van der Waals surface area contributed by atoms with Crippen molar-refractivity contribution in [2.45, 2.75) is 26.2 Å². The van der Waals surface area contributed by atoms with Crippen LogP contribution in [-0.2, 0) is 14.9 Å². The Labute approximate surface area is 170 Å². The molecule has 0 N–H and O–H groups in total. The molecule has 0 amide bonds. The molecular formula is C23H23NO5. The van der Waals surface area contributed by atoms with E-state index in [1.807, 2.05) is 12.1 Å². The summed E-state index contributed by atoms with van der Waals surface area (Å²) >= 11 is 0. The van der Waals surface area contributed by atoms with Crippen molar-refractivity contribution in [3.63, 3.8) is 0 Å². The fraction of sp³-hybridized carbons (Fsp3) is 0.261. The number of carbonyl (C=O) groups is 2. The van der Waals surface area contributed by atoms with Crippen LogP contribution < -0.4 is 9.47 Å². The molecule has 0 aliphatic rings. The Balaban J connectivity index is 2.25. The summed E-state index contributed by atoms with van der Waals surface area (Å²) in [5.41, 5.74) is 1.89. The maximum atomic E-state index is 12.5. The van der Waals surface area contributed by atoms with Gasteiger partial charge in [-0.1, -0.05) is 39.0 Å². The molecule has 0 aromatic heterocycles. The van der Waals surface area contributed by atoms with E-state index < -0.39 is 11.9 Å². The lowest BCUT2D eigenvalue weighted by atomic mass is 9.87. The van der Waals surface area contributed by atoms with Crippen molar-refractivity contribution in [3.05, 3.63) is 64.7 Å². The van der Waals surface area contributed by atoms with Crippen LogP contribution in [0.25, 0.3) is 6.08 Å². The van der Waals surface area contributed by atoms with Crippen molar-refractivity contribution < 1.29 is 23.8 Å². The van der Waals surface area contributed by atoms with Crippen LogP contribution in [0, 0.1) is 11.3 Å². The van der Waals surface area contributed by atoms with Crippen LogP contribution in [0.1, 0.15) is 42.3 Å². The van der Waals surface area contributed by atoms with Gasteiger partial charge in [-0.25, -0.2) is 9.59 Å². The zero-order valence-corrected chi connectivity index (χ0v) is 17.1. The molecule has 29 heavy (non-hydrogen) atoms. The summed E-state index contributed by atoms with van der Waals surface area (Å²) in [5.74, 6) is -0.730. The quantitative estimate of drug-likeness (QED) is 0.326. The summed E-state index contributed by atoms with van der Waals surface area (Å²) in [6.45, 7) is 6.29. The van der Waals surface area contributed by atoms with Gasteiger partial charge < -0.3 is 14.2 Å². The van der Waals surface area contributed by atoms with E-state index in [2.05, 4.69) is 25.5 Å². The third-order valence-electron chi connectivity index (χ3n) is 4.21. The molecule has 0 bridgehead atoms. The molecule has 150 valence electrons. The van der Waals surface area contributed by atoms with Gasteiger partial charge in [-0.15, -0.1) is 0 Å². The van der Waals surface area contributed by atoms with Crippen molar-refractivity contribution in [3.8, 4) is 17.6 Å². The summed E-state index contributed by atoms with van der Waals surface area (Å²) in [5, 5.41) is 9.06. The zero-order chi connectivity index (χ0) is 21.6. The van der Waals surface area contributed by atoms with E-state index in [0.717, 1.165) is 5.56 Å². The predicted molar refractivity (Wildman–Crippen MR) is 109 cm³/mol. The van der Waals surface area contributed by atoms with Gasteiger partial charge in [-0.3, -0.25) is 0 Å². The van der Waals surface area contributed by atoms with Gasteiger partial charge >= 0.3 is 11.9 Å². The van der Waals surface area contributed by atoms with E-state index in [9.17, 15) is 9.59 Å². The molecule has 2 aromatic rings. The van der Waals surface area contributed by atoms with Crippen molar-refractivity contribution in [2.24, 2.45) is 0 Å². The van der Waals surface area contributed by atoms with E-state index in [-0.39, 0.29) is 16.7 Å². The van der Waals surface area contributed by atoms with Crippen LogP contribution in [-0.4, -0.2) is 26.2 Å². The second-order valence-electron chi connectivity index (χ2n) is 7.29. The normalized spacial score (nSPS) is 11.4. The van der Waals surface area contributed by atoms with Gasteiger partial charge in [0.05, 0.1) is 19.8 Å². The molecular weight excluding hydrogens is 370 g/mol. The zero-order valence-electron chi connectivity index (χ0n) is 17.1. The number of nitrogens with zero attached hydrogens (tertiary/aromatic N) is 1. The summed E-state index contributed by atoms with van der Waals surface area (Å²) in [7, 11) is 2.63. The monoisotopic (exact) mass is 393 g/mol. The Morgan fingerprint density at radius 2 is 1.66 bits per heavy atom. The molecule has 0 aliphatic heterocycles. The van der Waals surface area contributed by atoms with E-state index in [1.165, 1.54) is 20.3 Å². The van der Waals surface area contributed by atoms with Gasteiger partial charge in [0.25, 0.3) is 0 Å². The first kappa shape index (κ1) is 21.7. The summed E-state index contributed by atoms with van der Waals surface area (Å²) in [6.07, 6.45) is 1.37. The molecule has 0 saturated carbocycles. The van der Waals surface area contributed by atoms with Gasteiger partial charge in [0.2, 0.25) is 0 Å². The molecule has 2 aromatic carbocycles. The number of rotatable bonds is 5. The second-order valence-corrected chi connectivity index (χ2v) is 7.29. The van der Waals surface area contributed by atoms with Crippen molar-refractivity contribution in [2.75, 3.05) is 14.2 Å². The lowest BCUT2D eigenvalue weighted by molar-refractivity contribution is -0.135. The minimum Gasteiger partial charge on any atom is -0.493 e. The Morgan fingerprint density at radius 1 is 1.00 bits per heavy atom. The highest BCUT2D eigenvalue weighted by atomic mass is 16.6. The number of ether oxygens (including phenoxy) is 3. The molecule has 2 rings (SSSR count). The first-order chi connectivity index (χ1) is 13.7.